The summed E-state index contributed by atoms with van der Waals surface area (Å²) in [6.45, 7) is 0. The van der Waals surface area contributed by atoms with Gasteiger partial charge in [0.15, 0.2) is 0 Å². The van der Waals surface area contributed by atoms with Crippen LogP contribution in [-0.4, -0.2) is 18.1 Å². The minimum absolute atomic E-state index is 0.0231. The zero-order valence-electron chi connectivity index (χ0n) is 11.5. The number of nitrogens with two attached hydrogens (primary N) is 1. The minimum atomic E-state index is -0.352. The first-order valence-corrected chi connectivity index (χ1v) is 6.30. The van der Waals surface area contributed by atoms with E-state index < -0.39 is 0 Å². The highest BCUT2D eigenvalue weighted by molar-refractivity contribution is 6.02. The number of carbonyl (C=O) groups is 1. The number of anilines is 2. The number of methoxy groups -OCH3 is 1. The van der Waals surface area contributed by atoms with Crippen LogP contribution in [-0.2, 0) is 4.79 Å². The van der Waals surface area contributed by atoms with Gasteiger partial charge in [0, 0.05) is 17.8 Å². The Bertz CT molecular complexity index is 664. The van der Waals surface area contributed by atoms with E-state index in [-0.39, 0.29) is 11.7 Å². The summed E-state index contributed by atoms with van der Waals surface area (Å²) >= 11 is 0. The minimum Gasteiger partial charge on any atom is -0.506 e. The molecule has 4 N–H and O–H groups in total. The van der Waals surface area contributed by atoms with Crippen LogP contribution in [0, 0.1) is 0 Å². The van der Waals surface area contributed by atoms with Crippen LogP contribution in [0.15, 0.2) is 48.5 Å². The van der Waals surface area contributed by atoms with Gasteiger partial charge in [-0.15, -0.1) is 0 Å². The summed E-state index contributed by atoms with van der Waals surface area (Å²) < 4.78 is 5.04. The topological polar surface area (TPSA) is 84.6 Å². The van der Waals surface area contributed by atoms with Crippen LogP contribution in [0.2, 0.25) is 0 Å². The first kappa shape index (κ1) is 14.5. The Morgan fingerprint density at radius 2 is 1.95 bits per heavy atom. The van der Waals surface area contributed by atoms with Crippen molar-refractivity contribution in [1.29, 1.82) is 0 Å². The normalized spacial score (nSPS) is 10.5. The first-order chi connectivity index (χ1) is 10.1. The summed E-state index contributed by atoms with van der Waals surface area (Å²) in [5.41, 5.74) is 7.40. The molecule has 0 unspecified atom stereocenters. The van der Waals surface area contributed by atoms with Gasteiger partial charge in [-0.1, -0.05) is 12.1 Å². The highest BCUT2D eigenvalue weighted by Crippen LogP contribution is 2.27. The molecule has 2 aromatic carbocycles. The average Bonchev–Trinajstić information content (AvgIpc) is 2.49. The van der Waals surface area contributed by atoms with E-state index in [1.807, 2.05) is 12.1 Å². The predicted molar refractivity (Wildman–Crippen MR) is 83.2 cm³/mol. The van der Waals surface area contributed by atoms with Gasteiger partial charge in [0.2, 0.25) is 5.91 Å². The summed E-state index contributed by atoms with van der Waals surface area (Å²) in [6, 6.07) is 11.7. The molecule has 0 saturated carbocycles. The lowest BCUT2D eigenvalue weighted by Gasteiger charge is -2.07. The van der Waals surface area contributed by atoms with E-state index in [0.29, 0.717) is 17.1 Å². The van der Waals surface area contributed by atoms with Gasteiger partial charge >= 0.3 is 0 Å². The number of phenols is 1. The third-order valence-electron chi connectivity index (χ3n) is 2.83. The summed E-state index contributed by atoms with van der Waals surface area (Å²) in [4.78, 5) is 11.8. The number of nitrogens with one attached hydrogen (secondary N) is 1. The summed E-state index contributed by atoms with van der Waals surface area (Å²) in [6.07, 6.45) is 3.04. The quantitative estimate of drug-likeness (QED) is 0.458. The molecular formula is C16H16N2O3. The molecule has 0 heterocycles. The van der Waals surface area contributed by atoms with Gasteiger partial charge < -0.3 is 20.9 Å². The standard InChI is InChI=1S/C16H16N2O3/c1-21-13-7-8-15(19)14(10-13)18-16(20)9-4-11-2-5-12(17)6-3-11/h2-10,19H,17H2,1H3,(H,18,20)/b9-4+. The zero-order valence-corrected chi connectivity index (χ0v) is 11.5. The fourth-order valence-electron chi connectivity index (χ4n) is 1.70. The molecular weight excluding hydrogens is 268 g/mol. The van der Waals surface area contributed by atoms with E-state index in [9.17, 15) is 9.90 Å². The molecule has 108 valence electrons. The summed E-state index contributed by atoms with van der Waals surface area (Å²) in [5, 5.41) is 12.3. The molecule has 2 rings (SSSR count). The number of phenolic OH excluding ortho intramolecular Hbond substituents is 1. The molecule has 0 fully saturated rings. The Balaban J connectivity index is 2.06. The van der Waals surface area contributed by atoms with Crippen LogP contribution in [0.1, 0.15) is 5.56 Å². The van der Waals surface area contributed by atoms with Crippen molar-refractivity contribution in [3.63, 3.8) is 0 Å². The molecule has 5 nitrogen and oxygen atoms in total. The van der Waals surface area contributed by atoms with Crippen LogP contribution < -0.4 is 15.8 Å². The number of nitrogen functional groups attached to an aromatic ring is 1. The van der Waals surface area contributed by atoms with Gasteiger partial charge in [0.1, 0.15) is 11.5 Å². The number of aromatic hydroxyl groups is 1. The Morgan fingerprint density at radius 1 is 1.24 bits per heavy atom. The number of benzene rings is 2. The Labute approximate surface area is 122 Å². The maximum absolute atomic E-state index is 11.8. The van der Waals surface area contributed by atoms with E-state index >= 15 is 0 Å². The molecule has 2 aromatic rings. The fraction of sp³-hybridized carbons (Fsp3) is 0.0625. The predicted octanol–water partition coefficient (Wildman–Crippen LogP) is 2.63. The second-order valence-electron chi connectivity index (χ2n) is 4.37. The summed E-state index contributed by atoms with van der Waals surface area (Å²) in [5.74, 6) is 0.172. The molecule has 0 spiro atoms. The van der Waals surface area contributed by atoms with E-state index in [0.717, 1.165) is 5.56 Å². The Kier molecular flexibility index (Phi) is 4.46. The molecule has 0 bridgehead atoms. The van der Waals surface area contributed by atoms with Crippen molar-refractivity contribution in [2.24, 2.45) is 0 Å². The van der Waals surface area contributed by atoms with Crippen LogP contribution in [0.5, 0.6) is 11.5 Å². The van der Waals surface area contributed by atoms with E-state index in [1.165, 1.54) is 19.3 Å². The number of hydrogen-bond donors (Lipinski definition) is 3. The van der Waals surface area contributed by atoms with Gasteiger partial charge in [0.25, 0.3) is 0 Å². The van der Waals surface area contributed by atoms with E-state index in [2.05, 4.69) is 5.32 Å². The lowest BCUT2D eigenvalue weighted by atomic mass is 10.2. The largest absolute Gasteiger partial charge is 0.506 e. The van der Waals surface area contributed by atoms with Crippen LogP contribution in [0.4, 0.5) is 11.4 Å². The van der Waals surface area contributed by atoms with Crippen molar-refractivity contribution in [3.8, 4) is 11.5 Å². The molecule has 1 amide bonds. The third kappa shape index (κ3) is 4.01. The highest BCUT2D eigenvalue weighted by atomic mass is 16.5. The number of ether oxygens (including phenoxy) is 1. The monoisotopic (exact) mass is 284 g/mol. The SMILES string of the molecule is COc1ccc(O)c(NC(=O)/C=C/c2ccc(N)cc2)c1. The smallest absolute Gasteiger partial charge is 0.248 e. The molecule has 0 saturated heterocycles. The van der Waals surface area contributed by atoms with Gasteiger partial charge in [0.05, 0.1) is 12.8 Å². The maximum Gasteiger partial charge on any atom is 0.248 e. The first-order valence-electron chi connectivity index (χ1n) is 6.30. The van der Waals surface area contributed by atoms with Gasteiger partial charge in [-0.3, -0.25) is 4.79 Å². The maximum atomic E-state index is 11.8. The fourth-order valence-corrected chi connectivity index (χ4v) is 1.70. The van der Waals surface area contributed by atoms with Crippen molar-refractivity contribution in [1.82, 2.24) is 0 Å². The third-order valence-corrected chi connectivity index (χ3v) is 2.83. The average molecular weight is 284 g/mol. The van der Waals surface area contributed by atoms with Gasteiger partial charge in [-0.2, -0.15) is 0 Å². The second kappa shape index (κ2) is 6.47. The Hall–Kier alpha value is -2.95. The summed E-state index contributed by atoms with van der Waals surface area (Å²) in [7, 11) is 1.51. The van der Waals surface area contributed by atoms with Crippen molar-refractivity contribution < 1.29 is 14.6 Å². The van der Waals surface area contributed by atoms with Crippen molar-refractivity contribution >= 4 is 23.4 Å². The Morgan fingerprint density at radius 3 is 2.62 bits per heavy atom. The van der Waals surface area contributed by atoms with Crippen molar-refractivity contribution in [2.75, 3.05) is 18.2 Å². The van der Waals surface area contributed by atoms with Crippen LogP contribution in [0.25, 0.3) is 6.08 Å². The van der Waals surface area contributed by atoms with E-state index in [1.54, 1.807) is 30.3 Å². The molecule has 0 aliphatic rings. The molecule has 5 heteroatoms. The molecule has 0 aromatic heterocycles. The van der Waals surface area contributed by atoms with Gasteiger partial charge in [-0.25, -0.2) is 0 Å². The molecule has 0 radical (unpaired) electrons. The van der Waals surface area contributed by atoms with Crippen LogP contribution in [0.3, 0.4) is 0 Å². The van der Waals surface area contributed by atoms with Crippen molar-refractivity contribution in [3.05, 3.63) is 54.1 Å². The lowest BCUT2D eigenvalue weighted by Crippen LogP contribution is -2.08. The number of amides is 1. The zero-order chi connectivity index (χ0) is 15.2. The highest BCUT2D eigenvalue weighted by Gasteiger charge is 2.05. The number of carbonyl (C=O) groups excluding carboxylic acids is 1. The molecule has 0 aliphatic carbocycles. The number of hydrogen-bond acceptors (Lipinski definition) is 4. The number of rotatable bonds is 4. The molecule has 0 aliphatic heterocycles. The van der Waals surface area contributed by atoms with Gasteiger partial charge in [-0.05, 0) is 35.9 Å². The van der Waals surface area contributed by atoms with E-state index in [4.69, 9.17) is 10.5 Å². The van der Waals surface area contributed by atoms with Crippen molar-refractivity contribution in [2.45, 2.75) is 0 Å². The lowest BCUT2D eigenvalue weighted by molar-refractivity contribution is -0.111. The molecule has 0 atom stereocenters. The van der Waals surface area contributed by atoms with Crippen LogP contribution >= 0.6 is 0 Å². The molecule has 21 heavy (non-hydrogen) atoms. The second-order valence-corrected chi connectivity index (χ2v) is 4.37.